The number of sulfone groups is 1. The predicted molar refractivity (Wildman–Crippen MR) is 79.5 cm³/mol. The van der Waals surface area contributed by atoms with Crippen molar-refractivity contribution in [1.82, 2.24) is 9.55 Å². The van der Waals surface area contributed by atoms with E-state index in [0.717, 1.165) is 16.9 Å². The van der Waals surface area contributed by atoms with Crippen LogP contribution in [0.4, 0.5) is 5.69 Å². The minimum absolute atomic E-state index is 0.0755. The molecule has 2 aromatic rings. The van der Waals surface area contributed by atoms with Gasteiger partial charge in [0.25, 0.3) is 5.56 Å². The Bertz CT molecular complexity index is 927. The fourth-order valence-corrected chi connectivity index (χ4v) is 2.40. The van der Waals surface area contributed by atoms with Crippen LogP contribution in [0.1, 0.15) is 0 Å². The number of nitrogens with one attached hydrogen (secondary N) is 2. The van der Waals surface area contributed by atoms with Crippen LogP contribution in [0.25, 0.3) is 0 Å². The first-order valence-electron chi connectivity index (χ1n) is 6.15. The van der Waals surface area contributed by atoms with E-state index in [2.05, 4.69) is 5.32 Å². The Hall–Kier alpha value is -2.68. The molecule has 1 heterocycles. The molecule has 0 aliphatic rings. The smallest absolute Gasteiger partial charge is 0.324 e. The number of benzene rings is 1. The molecule has 0 radical (unpaired) electrons. The summed E-state index contributed by atoms with van der Waals surface area (Å²) in [6.45, 7) is -0.307. The topological polar surface area (TPSA) is 118 Å². The van der Waals surface area contributed by atoms with E-state index in [4.69, 9.17) is 0 Å². The lowest BCUT2D eigenvalue weighted by Gasteiger charge is -2.08. The van der Waals surface area contributed by atoms with Crippen LogP contribution in [-0.4, -0.2) is 30.1 Å². The molecular weight excluding hydrogens is 310 g/mol. The zero-order valence-corrected chi connectivity index (χ0v) is 12.4. The lowest BCUT2D eigenvalue weighted by molar-refractivity contribution is -0.116. The fourth-order valence-electron chi connectivity index (χ4n) is 1.73. The number of amides is 1. The van der Waals surface area contributed by atoms with E-state index >= 15 is 0 Å². The molecule has 0 aliphatic carbocycles. The minimum atomic E-state index is -3.38. The monoisotopic (exact) mass is 323 g/mol. The molecular formula is C13H13N3O5S. The van der Waals surface area contributed by atoms with Crippen molar-refractivity contribution in [2.24, 2.45) is 0 Å². The van der Waals surface area contributed by atoms with Gasteiger partial charge in [-0.1, -0.05) is 6.07 Å². The first kappa shape index (κ1) is 15.7. The van der Waals surface area contributed by atoms with Crippen LogP contribution in [0, 0.1) is 0 Å². The SMILES string of the molecule is CS(=O)(=O)c1cccc(NC(=O)Cn2ccc(=O)[nH]c2=O)c1. The predicted octanol–water partition coefficient (Wildman–Crippen LogP) is -0.421. The standard InChI is InChI=1S/C13H13N3O5S/c1-22(20,21)10-4-2-3-9(7-10)14-12(18)8-16-6-5-11(17)15-13(16)19/h2-7H,8H2,1H3,(H,14,18)(H,15,17,19). The molecule has 2 N–H and O–H groups in total. The number of rotatable bonds is 4. The van der Waals surface area contributed by atoms with E-state index in [1.54, 1.807) is 0 Å². The summed E-state index contributed by atoms with van der Waals surface area (Å²) < 4.78 is 23.9. The molecule has 0 atom stereocenters. The van der Waals surface area contributed by atoms with Gasteiger partial charge in [-0.15, -0.1) is 0 Å². The molecule has 0 bridgehead atoms. The minimum Gasteiger partial charge on any atom is -0.324 e. The zero-order valence-electron chi connectivity index (χ0n) is 11.6. The molecule has 0 saturated heterocycles. The van der Waals surface area contributed by atoms with Crippen LogP contribution >= 0.6 is 0 Å². The maximum absolute atomic E-state index is 11.9. The summed E-state index contributed by atoms with van der Waals surface area (Å²) in [4.78, 5) is 36.4. The highest BCUT2D eigenvalue weighted by atomic mass is 32.2. The molecule has 1 aromatic carbocycles. The van der Waals surface area contributed by atoms with Crippen LogP contribution in [0.3, 0.4) is 0 Å². The third-order valence-electron chi connectivity index (χ3n) is 2.76. The number of carbonyl (C=O) groups excluding carboxylic acids is 1. The third kappa shape index (κ3) is 3.92. The van der Waals surface area contributed by atoms with Crippen LogP contribution < -0.4 is 16.6 Å². The van der Waals surface area contributed by atoms with Gasteiger partial charge in [0.2, 0.25) is 5.91 Å². The van der Waals surface area contributed by atoms with Gasteiger partial charge in [-0.3, -0.25) is 19.1 Å². The van der Waals surface area contributed by atoms with Crippen molar-refractivity contribution in [2.75, 3.05) is 11.6 Å². The van der Waals surface area contributed by atoms with Crippen molar-refractivity contribution in [2.45, 2.75) is 11.4 Å². The van der Waals surface area contributed by atoms with Gasteiger partial charge in [0.1, 0.15) is 6.54 Å². The third-order valence-corrected chi connectivity index (χ3v) is 3.87. The number of anilines is 1. The van der Waals surface area contributed by atoms with Gasteiger partial charge in [0.15, 0.2) is 9.84 Å². The number of aromatic amines is 1. The second kappa shape index (κ2) is 5.98. The van der Waals surface area contributed by atoms with Gasteiger partial charge in [0.05, 0.1) is 4.90 Å². The van der Waals surface area contributed by atoms with Crippen LogP contribution in [-0.2, 0) is 21.2 Å². The lowest BCUT2D eigenvalue weighted by Crippen LogP contribution is -2.32. The van der Waals surface area contributed by atoms with E-state index in [1.807, 2.05) is 4.98 Å². The van der Waals surface area contributed by atoms with E-state index in [-0.39, 0.29) is 11.4 Å². The number of hydrogen-bond acceptors (Lipinski definition) is 5. The lowest BCUT2D eigenvalue weighted by atomic mass is 10.3. The van der Waals surface area contributed by atoms with Crippen molar-refractivity contribution < 1.29 is 13.2 Å². The van der Waals surface area contributed by atoms with Gasteiger partial charge in [0, 0.05) is 24.2 Å². The van der Waals surface area contributed by atoms with Crippen molar-refractivity contribution in [3.8, 4) is 0 Å². The van der Waals surface area contributed by atoms with Gasteiger partial charge in [-0.2, -0.15) is 0 Å². The normalized spacial score (nSPS) is 11.1. The number of aromatic nitrogens is 2. The molecule has 1 aromatic heterocycles. The summed E-state index contributed by atoms with van der Waals surface area (Å²) in [5, 5.41) is 2.49. The van der Waals surface area contributed by atoms with Crippen molar-refractivity contribution in [1.29, 1.82) is 0 Å². The molecule has 9 heteroatoms. The summed E-state index contributed by atoms with van der Waals surface area (Å²) in [5.41, 5.74) is -0.958. The average Bonchev–Trinajstić information content (AvgIpc) is 2.41. The summed E-state index contributed by atoms with van der Waals surface area (Å²) in [6, 6.07) is 6.89. The summed E-state index contributed by atoms with van der Waals surface area (Å²) in [6.07, 6.45) is 2.27. The molecule has 2 rings (SSSR count). The van der Waals surface area contributed by atoms with Crippen molar-refractivity contribution in [3.63, 3.8) is 0 Å². The van der Waals surface area contributed by atoms with Crippen molar-refractivity contribution in [3.05, 3.63) is 57.4 Å². The van der Waals surface area contributed by atoms with Crippen LogP contribution in [0.5, 0.6) is 0 Å². The van der Waals surface area contributed by atoms with Crippen molar-refractivity contribution >= 4 is 21.4 Å². The fraction of sp³-hybridized carbons (Fsp3) is 0.154. The van der Waals surface area contributed by atoms with Crippen LogP contribution in [0.2, 0.25) is 0 Å². The largest absolute Gasteiger partial charge is 0.328 e. The number of H-pyrrole nitrogens is 1. The van der Waals surface area contributed by atoms with Gasteiger partial charge < -0.3 is 5.32 Å². The molecule has 0 fully saturated rings. The molecule has 22 heavy (non-hydrogen) atoms. The van der Waals surface area contributed by atoms with Gasteiger partial charge in [-0.05, 0) is 18.2 Å². The highest BCUT2D eigenvalue weighted by Crippen LogP contribution is 2.15. The van der Waals surface area contributed by atoms with Crippen LogP contribution in [0.15, 0.2) is 51.0 Å². The molecule has 0 saturated carbocycles. The van der Waals surface area contributed by atoms with E-state index in [0.29, 0.717) is 5.69 Å². The number of hydrogen-bond donors (Lipinski definition) is 2. The summed E-state index contributed by atoms with van der Waals surface area (Å²) in [5.74, 6) is -0.528. The second-order valence-corrected chi connectivity index (χ2v) is 6.60. The molecule has 116 valence electrons. The number of carbonyl (C=O) groups is 1. The van der Waals surface area contributed by atoms with E-state index in [1.165, 1.54) is 30.5 Å². The van der Waals surface area contributed by atoms with Gasteiger partial charge >= 0.3 is 5.69 Å². The maximum atomic E-state index is 11.9. The molecule has 1 amide bonds. The highest BCUT2D eigenvalue weighted by molar-refractivity contribution is 7.90. The molecule has 0 aliphatic heterocycles. The quantitative estimate of drug-likeness (QED) is 0.792. The molecule has 0 unspecified atom stereocenters. The summed E-state index contributed by atoms with van der Waals surface area (Å²) >= 11 is 0. The Labute approximate surface area is 125 Å². The summed E-state index contributed by atoms with van der Waals surface area (Å²) in [7, 11) is -3.38. The first-order chi connectivity index (χ1) is 10.3. The maximum Gasteiger partial charge on any atom is 0.328 e. The molecule has 8 nitrogen and oxygen atoms in total. The zero-order chi connectivity index (χ0) is 16.3. The molecule has 0 spiro atoms. The first-order valence-corrected chi connectivity index (χ1v) is 8.04. The average molecular weight is 323 g/mol. The Morgan fingerprint density at radius 3 is 2.64 bits per heavy atom. The Balaban J connectivity index is 2.16. The highest BCUT2D eigenvalue weighted by Gasteiger charge is 2.10. The van der Waals surface area contributed by atoms with E-state index in [9.17, 15) is 22.8 Å². The van der Waals surface area contributed by atoms with E-state index < -0.39 is 27.0 Å². The van der Waals surface area contributed by atoms with Gasteiger partial charge in [-0.25, -0.2) is 13.2 Å². The number of nitrogens with zero attached hydrogens (tertiary/aromatic N) is 1. The second-order valence-electron chi connectivity index (χ2n) is 4.59. The Morgan fingerprint density at radius 2 is 2.00 bits per heavy atom. The Morgan fingerprint density at radius 1 is 1.27 bits per heavy atom. The Kier molecular flexibility index (Phi) is 4.27.